The minimum absolute atomic E-state index is 0.0518. The maximum absolute atomic E-state index is 8.97. The number of nitriles is 1. The van der Waals surface area contributed by atoms with E-state index in [-0.39, 0.29) is 6.10 Å². The van der Waals surface area contributed by atoms with Gasteiger partial charge in [-0.25, -0.2) is 0 Å². The van der Waals surface area contributed by atoms with Crippen molar-refractivity contribution < 1.29 is 9.47 Å². The topological polar surface area (TPSA) is 80.3 Å². The lowest BCUT2D eigenvalue weighted by molar-refractivity contribution is 0.0365. The lowest BCUT2D eigenvalue weighted by atomic mass is 10.1. The Kier molecular flexibility index (Phi) is 5.27. The van der Waals surface area contributed by atoms with Crippen LogP contribution in [0.3, 0.4) is 0 Å². The minimum Gasteiger partial charge on any atom is -0.399 e. The summed E-state index contributed by atoms with van der Waals surface area (Å²) in [5.41, 5.74) is 7.46. The van der Waals surface area contributed by atoms with Gasteiger partial charge in [0.25, 0.3) is 0 Å². The summed E-state index contributed by atoms with van der Waals surface area (Å²) in [5.74, 6) is 0. The number of nitrogens with two attached hydrogens (primary N) is 1. The molecule has 0 saturated heterocycles. The van der Waals surface area contributed by atoms with E-state index in [9.17, 15) is 0 Å². The molecule has 0 aliphatic carbocycles. The molecule has 0 fully saturated rings. The Hall–Kier alpha value is -1.77. The molecule has 1 unspecified atom stereocenters. The van der Waals surface area contributed by atoms with Gasteiger partial charge in [0.2, 0.25) is 0 Å². The Labute approximate surface area is 101 Å². The van der Waals surface area contributed by atoms with Crippen molar-refractivity contribution in [2.75, 3.05) is 38.4 Å². The van der Waals surface area contributed by atoms with Crippen LogP contribution in [-0.2, 0) is 9.47 Å². The van der Waals surface area contributed by atoms with Gasteiger partial charge >= 0.3 is 0 Å². The largest absolute Gasteiger partial charge is 0.399 e. The van der Waals surface area contributed by atoms with Crippen molar-refractivity contribution in [3.8, 4) is 6.07 Å². The fourth-order valence-corrected chi connectivity index (χ4v) is 1.43. The van der Waals surface area contributed by atoms with E-state index in [0.29, 0.717) is 24.4 Å². The third-order valence-corrected chi connectivity index (χ3v) is 2.37. The van der Waals surface area contributed by atoms with Crippen molar-refractivity contribution in [2.45, 2.75) is 6.10 Å². The van der Waals surface area contributed by atoms with Crippen molar-refractivity contribution in [3.05, 3.63) is 23.8 Å². The van der Waals surface area contributed by atoms with Crippen molar-refractivity contribution in [1.82, 2.24) is 0 Å². The molecule has 0 amide bonds. The molecule has 0 spiro atoms. The van der Waals surface area contributed by atoms with Gasteiger partial charge in [-0.2, -0.15) is 5.26 Å². The van der Waals surface area contributed by atoms with Gasteiger partial charge in [0, 0.05) is 26.5 Å². The number of nitrogens with zero attached hydrogens (tertiary/aromatic N) is 1. The molecule has 0 saturated carbocycles. The van der Waals surface area contributed by atoms with E-state index in [2.05, 4.69) is 11.4 Å². The smallest absolute Gasteiger partial charge is 0.101 e. The molecule has 5 heteroatoms. The second-order valence-corrected chi connectivity index (χ2v) is 3.61. The molecule has 0 bridgehead atoms. The minimum atomic E-state index is -0.0518. The van der Waals surface area contributed by atoms with Gasteiger partial charge in [-0.05, 0) is 18.2 Å². The summed E-state index contributed by atoms with van der Waals surface area (Å²) in [4.78, 5) is 0. The van der Waals surface area contributed by atoms with Crippen molar-refractivity contribution in [3.63, 3.8) is 0 Å². The molecule has 17 heavy (non-hydrogen) atoms. The van der Waals surface area contributed by atoms with Crippen LogP contribution in [0.4, 0.5) is 11.4 Å². The first-order chi connectivity index (χ1) is 8.21. The van der Waals surface area contributed by atoms with Crippen molar-refractivity contribution >= 4 is 11.4 Å². The van der Waals surface area contributed by atoms with Gasteiger partial charge < -0.3 is 20.5 Å². The Morgan fingerprint density at radius 3 is 2.82 bits per heavy atom. The molecule has 0 radical (unpaired) electrons. The quantitative estimate of drug-likeness (QED) is 0.724. The standard InChI is InChI=1S/C12H17N3O2/c1-16-8-11(17-2)7-15-12-4-3-10(14)5-9(12)6-13/h3-5,11,15H,7-8,14H2,1-2H3. The summed E-state index contributed by atoms with van der Waals surface area (Å²) in [6, 6.07) is 7.27. The first-order valence-corrected chi connectivity index (χ1v) is 5.26. The SMILES string of the molecule is COCC(CNc1ccc(N)cc1C#N)OC. The molecule has 92 valence electrons. The normalized spacial score (nSPS) is 11.8. The van der Waals surface area contributed by atoms with Gasteiger partial charge in [-0.3, -0.25) is 0 Å². The summed E-state index contributed by atoms with van der Waals surface area (Å²) in [6.07, 6.45) is -0.0518. The predicted molar refractivity (Wildman–Crippen MR) is 66.7 cm³/mol. The second kappa shape index (κ2) is 6.74. The van der Waals surface area contributed by atoms with E-state index >= 15 is 0 Å². The van der Waals surface area contributed by atoms with E-state index in [1.165, 1.54) is 0 Å². The first kappa shape index (κ1) is 13.3. The van der Waals surface area contributed by atoms with E-state index in [4.69, 9.17) is 20.5 Å². The van der Waals surface area contributed by atoms with Gasteiger partial charge in [0.15, 0.2) is 0 Å². The number of nitrogens with one attached hydrogen (secondary N) is 1. The summed E-state index contributed by atoms with van der Waals surface area (Å²) in [7, 11) is 3.25. The predicted octanol–water partition coefficient (Wildman–Crippen LogP) is 1.21. The molecular formula is C12H17N3O2. The van der Waals surface area contributed by atoms with Gasteiger partial charge in [0.1, 0.15) is 6.07 Å². The van der Waals surface area contributed by atoms with E-state index in [1.54, 1.807) is 32.4 Å². The molecule has 0 aliphatic rings. The monoisotopic (exact) mass is 235 g/mol. The van der Waals surface area contributed by atoms with Crippen LogP contribution in [0.1, 0.15) is 5.56 Å². The number of benzene rings is 1. The highest BCUT2D eigenvalue weighted by Gasteiger charge is 2.08. The summed E-state index contributed by atoms with van der Waals surface area (Å²) in [5, 5.41) is 12.1. The Morgan fingerprint density at radius 1 is 1.47 bits per heavy atom. The summed E-state index contributed by atoms with van der Waals surface area (Å²) >= 11 is 0. The van der Waals surface area contributed by atoms with E-state index in [0.717, 1.165) is 5.69 Å². The van der Waals surface area contributed by atoms with Crippen LogP contribution in [0, 0.1) is 11.3 Å². The third kappa shape index (κ3) is 3.94. The lowest BCUT2D eigenvalue weighted by Gasteiger charge is -2.16. The van der Waals surface area contributed by atoms with Crippen LogP contribution < -0.4 is 11.1 Å². The lowest BCUT2D eigenvalue weighted by Crippen LogP contribution is -2.26. The molecule has 0 aromatic heterocycles. The summed E-state index contributed by atoms with van der Waals surface area (Å²) < 4.78 is 10.2. The highest BCUT2D eigenvalue weighted by Crippen LogP contribution is 2.17. The Bertz CT molecular complexity index is 401. The Morgan fingerprint density at radius 2 is 2.24 bits per heavy atom. The average Bonchev–Trinajstić information content (AvgIpc) is 2.35. The summed E-state index contributed by atoms with van der Waals surface area (Å²) in [6.45, 7) is 1.07. The number of ether oxygens (including phenoxy) is 2. The van der Waals surface area contributed by atoms with E-state index < -0.39 is 0 Å². The molecule has 1 aromatic carbocycles. The number of hydrogen-bond donors (Lipinski definition) is 2. The number of methoxy groups -OCH3 is 2. The average molecular weight is 235 g/mol. The van der Waals surface area contributed by atoms with Crippen LogP contribution in [0.15, 0.2) is 18.2 Å². The van der Waals surface area contributed by atoms with Crippen LogP contribution in [0.2, 0.25) is 0 Å². The fraction of sp³-hybridized carbons (Fsp3) is 0.417. The molecule has 3 N–H and O–H groups in total. The Balaban J connectivity index is 2.65. The van der Waals surface area contributed by atoms with Gasteiger partial charge in [0.05, 0.1) is 24.0 Å². The van der Waals surface area contributed by atoms with Crippen molar-refractivity contribution in [1.29, 1.82) is 5.26 Å². The van der Waals surface area contributed by atoms with Crippen molar-refractivity contribution in [2.24, 2.45) is 0 Å². The molecule has 0 heterocycles. The number of rotatable bonds is 6. The maximum atomic E-state index is 8.97. The zero-order chi connectivity index (χ0) is 12.7. The van der Waals surface area contributed by atoms with Crippen LogP contribution >= 0.6 is 0 Å². The molecule has 5 nitrogen and oxygen atoms in total. The highest BCUT2D eigenvalue weighted by atomic mass is 16.5. The second-order valence-electron chi connectivity index (χ2n) is 3.61. The van der Waals surface area contributed by atoms with Crippen LogP contribution in [-0.4, -0.2) is 33.5 Å². The van der Waals surface area contributed by atoms with Crippen LogP contribution in [0.5, 0.6) is 0 Å². The first-order valence-electron chi connectivity index (χ1n) is 5.26. The van der Waals surface area contributed by atoms with Gasteiger partial charge in [-0.15, -0.1) is 0 Å². The van der Waals surface area contributed by atoms with E-state index in [1.807, 2.05) is 0 Å². The van der Waals surface area contributed by atoms with Gasteiger partial charge in [-0.1, -0.05) is 0 Å². The fourth-order valence-electron chi connectivity index (χ4n) is 1.43. The van der Waals surface area contributed by atoms with Crippen LogP contribution in [0.25, 0.3) is 0 Å². The number of anilines is 2. The molecular weight excluding hydrogens is 218 g/mol. The number of hydrogen-bond acceptors (Lipinski definition) is 5. The molecule has 1 aromatic rings. The number of nitrogen functional groups attached to an aromatic ring is 1. The zero-order valence-electron chi connectivity index (χ0n) is 10.1. The third-order valence-electron chi connectivity index (χ3n) is 2.37. The zero-order valence-corrected chi connectivity index (χ0v) is 10.1. The highest BCUT2D eigenvalue weighted by molar-refractivity contribution is 5.62. The molecule has 1 rings (SSSR count). The molecule has 1 atom stereocenters. The maximum Gasteiger partial charge on any atom is 0.101 e. The molecule has 0 aliphatic heterocycles.